The molecule has 1 amide bonds. The maximum absolute atomic E-state index is 12.9. The van der Waals surface area contributed by atoms with Crippen molar-refractivity contribution in [3.05, 3.63) is 80.7 Å². The van der Waals surface area contributed by atoms with Gasteiger partial charge in [-0.1, -0.05) is 46.3 Å². The number of hydrazine groups is 1. The SMILES string of the molecule is Cc1nnc(NNC(=O)c2cc(-c3ccc(Br)cc3)nc3ccccc23)[nH]c1=O. The van der Waals surface area contributed by atoms with E-state index in [0.717, 1.165) is 10.0 Å². The smallest absolute Gasteiger partial charge is 0.274 e. The van der Waals surface area contributed by atoms with Gasteiger partial charge in [0.25, 0.3) is 11.5 Å². The van der Waals surface area contributed by atoms with E-state index in [0.29, 0.717) is 22.2 Å². The van der Waals surface area contributed by atoms with Crippen molar-refractivity contribution < 1.29 is 4.79 Å². The largest absolute Gasteiger partial charge is 0.288 e. The van der Waals surface area contributed by atoms with Crippen molar-refractivity contribution in [2.24, 2.45) is 0 Å². The number of aryl methyl sites for hydroxylation is 1. The molecule has 0 saturated carbocycles. The number of benzene rings is 2. The van der Waals surface area contributed by atoms with Crippen LogP contribution in [-0.2, 0) is 0 Å². The first kappa shape index (κ1) is 18.8. The van der Waals surface area contributed by atoms with Crippen LogP contribution >= 0.6 is 15.9 Å². The number of aromatic amines is 1. The van der Waals surface area contributed by atoms with Crippen LogP contribution in [-0.4, -0.2) is 26.1 Å². The van der Waals surface area contributed by atoms with Gasteiger partial charge in [-0.25, -0.2) is 4.98 Å². The summed E-state index contributed by atoms with van der Waals surface area (Å²) in [5.41, 5.74) is 7.67. The summed E-state index contributed by atoms with van der Waals surface area (Å²) < 4.78 is 0.956. The zero-order chi connectivity index (χ0) is 20.4. The minimum absolute atomic E-state index is 0.0421. The number of carbonyl (C=O) groups is 1. The summed E-state index contributed by atoms with van der Waals surface area (Å²) in [4.78, 5) is 31.7. The van der Waals surface area contributed by atoms with Crippen LogP contribution in [0.15, 0.2) is 63.9 Å². The molecule has 4 aromatic rings. The van der Waals surface area contributed by atoms with Gasteiger partial charge >= 0.3 is 0 Å². The van der Waals surface area contributed by atoms with Crippen molar-refractivity contribution in [3.63, 3.8) is 0 Å². The number of fused-ring (bicyclic) bond motifs is 1. The van der Waals surface area contributed by atoms with Gasteiger partial charge in [0.2, 0.25) is 5.95 Å². The first-order valence-corrected chi connectivity index (χ1v) is 9.46. The molecule has 0 unspecified atom stereocenters. The number of H-pyrrole nitrogens is 1. The third-order valence-corrected chi connectivity index (χ3v) is 4.78. The Morgan fingerprint density at radius 2 is 1.83 bits per heavy atom. The summed E-state index contributed by atoms with van der Waals surface area (Å²) >= 11 is 3.42. The number of hydrogen-bond donors (Lipinski definition) is 3. The predicted octanol–water partition coefficient (Wildman–Crippen LogP) is 3.21. The molecule has 2 aromatic carbocycles. The molecule has 29 heavy (non-hydrogen) atoms. The number of para-hydroxylation sites is 1. The average molecular weight is 451 g/mol. The van der Waals surface area contributed by atoms with E-state index in [1.54, 1.807) is 13.0 Å². The molecule has 4 rings (SSSR count). The van der Waals surface area contributed by atoms with Crippen LogP contribution in [0.1, 0.15) is 16.1 Å². The molecule has 0 spiro atoms. The van der Waals surface area contributed by atoms with E-state index in [1.165, 1.54) is 0 Å². The maximum Gasteiger partial charge on any atom is 0.274 e. The van der Waals surface area contributed by atoms with Gasteiger partial charge in [-0.15, -0.1) is 10.2 Å². The fraction of sp³-hybridized carbons (Fsp3) is 0.0500. The van der Waals surface area contributed by atoms with Gasteiger partial charge in [0.05, 0.1) is 16.8 Å². The van der Waals surface area contributed by atoms with Crippen LogP contribution in [0.4, 0.5) is 5.95 Å². The van der Waals surface area contributed by atoms with E-state index in [4.69, 9.17) is 0 Å². The molecule has 0 radical (unpaired) electrons. The summed E-state index contributed by atoms with van der Waals surface area (Å²) in [6.45, 7) is 1.54. The van der Waals surface area contributed by atoms with Gasteiger partial charge in [0, 0.05) is 15.4 Å². The minimum atomic E-state index is -0.398. The highest BCUT2D eigenvalue weighted by molar-refractivity contribution is 9.10. The fourth-order valence-electron chi connectivity index (χ4n) is 2.76. The molecule has 0 aliphatic carbocycles. The Labute approximate surface area is 173 Å². The first-order valence-electron chi connectivity index (χ1n) is 8.67. The lowest BCUT2D eigenvalue weighted by atomic mass is 10.0. The highest BCUT2D eigenvalue weighted by atomic mass is 79.9. The van der Waals surface area contributed by atoms with Crippen LogP contribution < -0.4 is 16.4 Å². The minimum Gasteiger partial charge on any atom is -0.288 e. The normalized spacial score (nSPS) is 10.7. The van der Waals surface area contributed by atoms with E-state index in [1.807, 2.05) is 48.5 Å². The molecule has 0 aliphatic heterocycles. The highest BCUT2D eigenvalue weighted by Crippen LogP contribution is 2.26. The molecule has 2 heterocycles. The molecule has 8 nitrogen and oxygen atoms in total. The Morgan fingerprint density at radius 1 is 1.07 bits per heavy atom. The lowest BCUT2D eigenvalue weighted by molar-refractivity contribution is 0.0964. The molecule has 0 saturated heterocycles. The lowest BCUT2D eigenvalue weighted by Gasteiger charge is -2.11. The summed E-state index contributed by atoms with van der Waals surface area (Å²) in [6, 6.07) is 16.8. The van der Waals surface area contributed by atoms with E-state index in [2.05, 4.69) is 46.9 Å². The molecule has 2 aromatic heterocycles. The van der Waals surface area contributed by atoms with Gasteiger partial charge in [0.15, 0.2) is 0 Å². The number of amides is 1. The van der Waals surface area contributed by atoms with Crippen LogP contribution in [0.2, 0.25) is 0 Å². The van der Waals surface area contributed by atoms with Crippen molar-refractivity contribution in [1.82, 2.24) is 25.6 Å². The fourth-order valence-corrected chi connectivity index (χ4v) is 3.03. The zero-order valence-corrected chi connectivity index (χ0v) is 16.8. The number of nitrogens with one attached hydrogen (secondary N) is 3. The van der Waals surface area contributed by atoms with Gasteiger partial charge in [-0.3, -0.25) is 25.4 Å². The molecule has 0 fully saturated rings. The first-order chi connectivity index (χ1) is 14.0. The third-order valence-electron chi connectivity index (χ3n) is 4.26. The molecule has 0 bridgehead atoms. The summed E-state index contributed by atoms with van der Waals surface area (Å²) in [5.74, 6) is -0.356. The number of carbonyl (C=O) groups excluding carboxylic acids is 1. The van der Waals surface area contributed by atoms with Crippen molar-refractivity contribution in [2.75, 3.05) is 5.43 Å². The number of anilines is 1. The molecular formula is C20H15BrN6O2. The Balaban J connectivity index is 1.69. The van der Waals surface area contributed by atoms with Crippen molar-refractivity contribution in [1.29, 1.82) is 0 Å². The number of nitrogens with zero attached hydrogens (tertiary/aromatic N) is 3. The second kappa shape index (κ2) is 7.80. The van der Waals surface area contributed by atoms with Crippen LogP contribution in [0.25, 0.3) is 22.2 Å². The molecule has 0 atom stereocenters. The second-order valence-electron chi connectivity index (χ2n) is 6.25. The zero-order valence-electron chi connectivity index (χ0n) is 15.2. The van der Waals surface area contributed by atoms with Crippen LogP contribution in [0.3, 0.4) is 0 Å². The van der Waals surface area contributed by atoms with Gasteiger partial charge in [-0.2, -0.15) is 0 Å². The molecular weight excluding hydrogens is 436 g/mol. The summed E-state index contributed by atoms with van der Waals surface area (Å²) in [7, 11) is 0. The molecule has 3 N–H and O–H groups in total. The monoisotopic (exact) mass is 450 g/mol. The number of aromatic nitrogens is 4. The molecule has 144 valence electrons. The van der Waals surface area contributed by atoms with E-state index >= 15 is 0 Å². The number of pyridine rings is 1. The quantitative estimate of drug-likeness (QED) is 0.411. The number of rotatable bonds is 4. The summed E-state index contributed by atoms with van der Waals surface area (Å²) in [5, 5.41) is 8.22. The average Bonchev–Trinajstić information content (AvgIpc) is 2.74. The molecule has 0 aliphatic rings. The topological polar surface area (TPSA) is 113 Å². The lowest BCUT2D eigenvalue weighted by Crippen LogP contribution is -2.32. The van der Waals surface area contributed by atoms with Crippen molar-refractivity contribution in [3.8, 4) is 11.3 Å². The molecule has 9 heteroatoms. The second-order valence-corrected chi connectivity index (χ2v) is 7.16. The van der Waals surface area contributed by atoms with Gasteiger partial charge < -0.3 is 0 Å². The Hall–Kier alpha value is -3.59. The van der Waals surface area contributed by atoms with E-state index in [9.17, 15) is 9.59 Å². The standard InChI is InChI=1S/C20H15BrN6O2/c1-11-18(28)23-20(26-24-11)27-25-19(29)15-10-17(12-6-8-13(21)9-7-12)22-16-5-3-2-4-14(15)16/h2-10H,1H3,(H,25,29)(H2,23,26,27,28). The maximum atomic E-state index is 12.9. The highest BCUT2D eigenvalue weighted by Gasteiger charge is 2.14. The van der Waals surface area contributed by atoms with Crippen molar-refractivity contribution >= 4 is 38.7 Å². The van der Waals surface area contributed by atoms with E-state index in [-0.39, 0.29) is 17.2 Å². The van der Waals surface area contributed by atoms with Crippen LogP contribution in [0, 0.1) is 6.92 Å². The predicted molar refractivity (Wildman–Crippen MR) is 113 cm³/mol. The Kier molecular flexibility index (Phi) is 5.05. The van der Waals surface area contributed by atoms with Gasteiger partial charge in [0.1, 0.15) is 5.69 Å². The van der Waals surface area contributed by atoms with Crippen LogP contribution in [0.5, 0.6) is 0 Å². The number of hydrogen-bond acceptors (Lipinski definition) is 6. The van der Waals surface area contributed by atoms with E-state index < -0.39 is 5.91 Å². The Morgan fingerprint density at radius 3 is 2.59 bits per heavy atom. The van der Waals surface area contributed by atoms with Gasteiger partial charge in [-0.05, 0) is 31.2 Å². The Bertz CT molecular complexity index is 1270. The third kappa shape index (κ3) is 3.99. The summed E-state index contributed by atoms with van der Waals surface area (Å²) in [6.07, 6.45) is 0. The van der Waals surface area contributed by atoms with Crippen molar-refractivity contribution in [2.45, 2.75) is 6.92 Å². The number of halogens is 1.